The van der Waals surface area contributed by atoms with Gasteiger partial charge < -0.3 is 18.6 Å². The highest BCUT2D eigenvalue weighted by Gasteiger charge is 2.16. The van der Waals surface area contributed by atoms with Gasteiger partial charge in [-0.05, 0) is 49.2 Å². The third-order valence-corrected chi connectivity index (χ3v) is 4.12. The fourth-order valence-corrected chi connectivity index (χ4v) is 2.92. The van der Waals surface area contributed by atoms with Gasteiger partial charge in [-0.15, -0.1) is 0 Å². The van der Waals surface area contributed by atoms with Gasteiger partial charge in [0.1, 0.15) is 11.3 Å². The van der Waals surface area contributed by atoms with Crippen LogP contribution >= 0.6 is 0 Å². The lowest BCUT2D eigenvalue weighted by atomic mass is 9.99. The highest BCUT2D eigenvalue weighted by Crippen LogP contribution is 2.34. The van der Waals surface area contributed by atoms with Crippen LogP contribution in [0.1, 0.15) is 12.5 Å². The summed E-state index contributed by atoms with van der Waals surface area (Å²) in [4.78, 5) is 12.6. The quantitative estimate of drug-likeness (QED) is 0.652. The normalized spacial score (nSPS) is 10.7. The molecule has 0 aliphatic carbocycles. The number of ether oxygens (including phenoxy) is 3. The molecule has 3 aromatic rings. The van der Waals surface area contributed by atoms with Gasteiger partial charge in [-0.25, -0.2) is 4.79 Å². The zero-order valence-electron chi connectivity index (χ0n) is 14.7. The monoisotopic (exact) mass is 340 g/mol. The largest absolute Gasteiger partial charge is 0.494 e. The first kappa shape index (κ1) is 16.9. The van der Waals surface area contributed by atoms with Crippen molar-refractivity contribution in [2.45, 2.75) is 13.8 Å². The van der Waals surface area contributed by atoms with Crippen molar-refractivity contribution in [3.05, 3.63) is 52.4 Å². The van der Waals surface area contributed by atoms with Gasteiger partial charge in [0.2, 0.25) is 0 Å². The van der Waals surface area contributed by atoms with Crippen LogP contribution in [0.4, 0.5) is 0 Å². The van der Waals surface area contributed by atoms with E-state index < -0.39 is 5.63 Å². The van der Waals surface area contributed by atoms with Crippen LogP contribution in [0.5, 0.6) is 17.2 Å². The molecule has 1 aromatic heterocycles. The van der Waals surface area contributed by atoms with E-state index >= 15 is 0 Å². The molecule has 5 nitrogen and oxygen atoms in total. The lowest BCUT2D eigenvalue weighted by Crippen LogP contribution is -2.06. The predicted octanol–water partition coefficient (Wildman–Crippen LogP) is 4.18. The van der Waals surface area contributed by atoms with E-state index in [0.717, 1.165) is 16.5 Å². The Morgan fingerprint density at radius 1 is 1.00 bits per heavy atom. The van der Waals surface area contributed by atoms with Crippen molar-refractivity contribution >= 4 is 11.0 Å². The van der Waals surface area contributed by atoms with Gasteiger partial charge in [-0.2, -0.15) is 0 Å². The molecule has 1 heterocycles. The summed E-state index contributed by atoms with van der Waals surface area (Å²) in [5, 5.41) is 0.868. The highest BCUT2D eigenvalue weighted by molar-refractivity contribution is 5.87. The number of aryl methyl sites for hydroxylation is 1. The third kappa shape index (κ3) is 3.05. The minimum Gasteiger partial charge on any atom is -0.494 e. The van der Waals surface area contributed by atoms with Crippen molar-refractivity contribution in [3.63, 3.8) is 0 Å². The van der Waals surface area contributed by atoms with Gasteiger partial charge in [0.05, 0.1) is 26.4 Å². The van der Waals surface area contributed by atoms with E-state index in [4.69, 9.17) is 18.6 Å². The van der Waals surface area contributed by atoms with E-state index in [9.17, 15) is 4.79 Å². The fraction of sp³-hybridized carbons (Fsp3) is 0.250. The van der Waals surface area contributed by atoms with Crippen LogP contribution in [0.3, 0.4) is 0 Å². The van der Waals surface area contributed by atoms with Crippen LogP contribution in [0.15, 0.2) is 45.6 Å². The zero-order chi connectivity index (χ0) is 18.0. The Kier molecular flexibility index (Phi) is 4.65. The Bertz CT molecular complexity index is 972. The molecule has 25 heavy (non-hydrogen) atoms. The van der Waals surface area contributed by atoms with Crippen LogP contribution in [0.25, 0.3) is 22.1 Å². The molecular formula is C20H20O5. The maximum atomic E-state index is 12.6. The van der Waals surface area contributed by atoms with Gasteiger partial charge >= 0.3 is 5.63 Å². The molecule has 0 atom stereocenters. The molecule has 0 bridgehead atoms. The second-order valence-electron chi connectivity index (χ2n) is 5.55. The number of hydrogen-bond donors (Lipinski definition) is 0. The Morgan fingerprint density at radius 2 is 1.76 bits per heavy atom. The second kappa shape index (κ2) is 6.89. The van der Waals surface area contributed by atoms with Crippen LogP contribution in [0, 0.1) is 6.92 Å². The maximum Gasteiger partial charge on any atom is 0.344 e. The fourth-order valence-electron chi connectivity index (χ4n) is 2.92. The summed E-state index contributed by atoms with van der Waals surface area (Å²) in [6.45, 7) is 4.37. The van der Waals surface area contributed by atoms with Crippen molar-refractivity contribution in [1.82, 2.24) is 0 Å². The van der Waals surface area contributed by atoms with E-state index in [1.807, 2.05) is 32.0 Å². The molecular weight excluding hydrogens is 320 g/mol. The molecule has 0 spiro atoms. The van der Waals surface area contributed by atoms with Crippen molar-refractivity contribution < 1.29 is 18.6 Å². The molecule has 0 N–H and O–H groups in total. The van der Waals surface area contributed by atoms with Crippen molar-refractivity contribution in [2.24, 2.45) is 0 Å². The molecule has 0 aliphatic heterocycles. The van der Waals surface area contributed by atoms with E-state index in [2.05, 4.69) is 0 Å². The summed E-state index contributed by atoms with van der Waals surface area (Å²) in [6.07, 6.45) is 0. The molecule has 0 radical (unpaired) electrons. The van der Waals surface area contributed by atoms with Gasteiger partial charge in [-0.1, -0.05) is 6.07 Å². The number of benzene rings is 2. The number of hydrogen-bond acceptors (Lipinski definition) is 5. The molecule has 0 amide bonds. The van der Waals surface area contributed by atoms with Crippen molar-refractivity contribution in [1.29, 1.82) is 0 Å². The van der Waals surface area contributed by atoms with E-state index in [1.165, 1.54) is 0 Å². The standard InChI is InChI=1S/C20H20O5/c1-5-24-14-7-8-15-12(2)19(20(21)25-17(15)11-14)13-6-9-16(22-3)18(10-13)23-4/h6-11H,5H2,1-4H3. The molecule has 0 aliphatic rings. The number of rotatable bonds is 5. The average Bonchev–Trinajstić information content (AvgIpc) is 2.61. The van der Waals surface area contributed by atoms with Crippen LogP contribution < -0.4 is 19.8 Å². The molecule has 5 heteroatoms. The summed E-state index contributed by atoms with van der Waals surface area (Å²) in [5.41, 5.74) is 2.20. The average molecular weight is 340 g/mol. The molecule has 0 saturated carbocycles. The van der Waals surface area contributed by atoms with Gasteiger partial charge in [0, 0.05) is 11.5 Å². The Labute approximate surface area is 145 Å². The maximum absolute atomic E-state index is 12.6. The highest BCUT2D eigenvalue weighted by atomic mass is 16.5. The summed E-state index contributed by atoms with van der Waals surface area (Å²) in [7, 11) is 3.13. The Hall–Kier alpha value is -2.95. The summed E-state index contributed by atoms with van der Waals surface area (Å²) < 4.78 is 21.6. The van der Waals surface area contributed by atoms with Gasteiger partial charge in [0.25, 0.3) is 0 Å². The molecule has 0 unspecified atom stereocenters. The van der Waals surface area contributed by atoms with E-state index in [0.29, 0.717) is 35.0 Å². The molecule has 130 valence electrons. The first-order valence-electron chi connectivity index (χ1n) is 8.01. The summed E-state index contributed by atoms with van der Waals surface area (Å²) in [5.74, 6) is 1.84. The van der Waals surface area contributed by atoms with Crippen LogP contribution in [-0.2, 0) is 0 Å². The van der Waals surface area contributed by atoms with Gasteiger partial charge in [-0.3, -0.25) is 0 Å². The van der Waals surface area contributed by atoms with Gasteiger partial charge in [0.15, 0.2) is 11.5 Å². The minimum atomic E-state index is -0.397. The molecule has 3 rings (SSSR count). The smallest absolute Gasteiger partial charge is 0.344 e. The third-order valence-electron chi connectivity index (χ3n) is 4.12. The summed E-state index contributed by atoms with van der Waals surface area (Å²) in [6, 6.07) is 10.9. The van der Waals surface area contributed by atoms with Crippen molar-refractivity contribution in [3.8, 4) is 28.4 Å². The SMILES string of the molecule is CCOc1ccc2c(C)c(-c3ccc(OC)c(OC)c3)c(=O)oc2c1. The van der Waals surface area contributed by atoms with Crippen LogP contribution in [-0.4, -0.2) is 20.8 Å². The second-order valence-corrected chi connectivity index (χ2v) is 5.55. The first-order valence-corrected chi connectivity index (χ1v) is 8.01. The summed E-state index contributed by atoms with van der Waals surface area (Å²) >= 11 is 0. The molecule has 2 aromatic carbocycles. The minimum absolute atomic E-state index is 0.397. The molecule has 0 saturated heterocycles. The Balaban J connectivity index is 2.20. The number of methoxy groups -OCH3 is 2. The Morgan fingerprint density at radius 3 is 2.44 bits per heavy atom. The molecule has 0 fully saturated rings. The van der Waals surface area contributed by atoms with E-state index in [-0.39, 0.29) is 0 Å². The topological polar surface area (TPSA) is 57.9 Å². The zero-order valence-corrected chi connectivity index (χ0v) is 14.7. The predicted molar refractivity (Wildman–Crippen MR) is 96.9 cm³/mol. The lowest BCUT2D eigenvalue weighted by molar-refractivity contribution is 0.340. The van der Waals surface area contributed by atoms with Crippen molar-refractivity contribution in [2.75, 3.05) is 20.8 Å². The number of fused-ring (bicyclic) bond motifs is 1. The first-order chi connectivity index (χ1) is 12.1. The van der Waals surface area contributed by atoms with Crippen LogP contribution in [0.2, 0.25) is 0 Å². The lowest BCUT2D eigenvalue weighted by Gasteiger charge is -2.12. The van der Waals surface area contributed by atoms with E-state index in [1.54, 1.807) is 32.4 Å².